The number of hydrogen-bond acceptors (Lipinski definition) is 2. The van der Waals surface area contributed by atoms with Gasteiger partial charge in [-0.25, -0.2) is 0 Å². The fourth-order valence-corrected chi connectivity index (χ4v) is 3.29. The van der Waals surface area contributed by atoms with Crippen LogP contribution in [0.4, 0.5) is 0 Å². The summed E-state index contributed by atoms with van der Waals surface area (Å²) in [5.41, 5.74) is 4.33. The number of aryl methyl sites for hydroxylation is 2. The van der Waals surface area contributed by atoms with E-state index >= 15 is 0 Å². The van der Waals surface area contributed by atoms with E-state index in [-0.39, 0.29) is 0 Å². The van der Waals surface area contributed by atoms with Crippen LogP contribution in [-0.4, -0.2) is 12.8 Å². The Hall–Kier alpha value is -0.470. The zero-order chi connectivity index (χ0) is 10.8. The molecule has 15 heavy (non-hydrogen) atoms. The SMILES string of the molecule is CNC1CCCSc2cc(C)c(C)cc21. The van der Waals surface area contributed by atoms with Crippen LogP contribution in [0.15, 0.2) is 17.0 Å². The summed E-state index contributed by atoms with van der Waals surface area (Å²) in [5, 5.41) is 3.43. The molecule has 2 rings (SSSR count). The Morgan fingerprint density at radius 3 is 2.73 bits per heavy atom. The number of thioether (sulfide) groups is 1. The zero-order valence-electron chi connectivity index (χ0n) is 9.76. The third-order valence-corrected chi connectivity index (χ3v) is 4.40. The molecule has 1 N–H and O–H groups in total. The lowest BCUT2D eigenvalue weighted by molar-refractivity contribution is 0.540. The van der Waals surface area contributed by atoms with E-state index in [1.165, 1.54) is 40.2 Å². The monoisotopic (exact) mass is 221 g/mol. The normalized spacial score (nSPS) is 20.9. The van der Waals surface area contributed by atoms with E-state index in [0.717, 1.165) is 0 Å². The molecule has 0 spiro atoms. The average Bonchev–Trinajstić information content (AvgIpc) is 2.41. The molecule has 0 saturated carbocycles. The molecule has 0 saturated heterocycles. The first kappa shape index (κ1) is 11.0. The molecular weight excluding hydrogens is 202 g/mol. The molecule has 0 fully saturated rings. The van der Waals surface area contributed by atoms with Gasteiger partial charge in [0.25, 0.3) is 0 Å². The molecule has 1 aromatic rings. The van der Waals surface area contributed by atoms with Gasteiger partial charge in [-0.1, -0.05) is 6.07 Å². The minimum atomic E-state index is 0.550. The first-order valence-electron chi connectivity index (χ1n) is 5.63. The van der Waals surface area contributed by atoms with Crippen molar-refractivity contribution in [2.24, 2.45) is 0 Å². The van der Waals surface area contributed by atoms with Gasteiger partial charge in [0.15, 0.2) is 0 Å². The van der Waals surface area contributed by atoms with Crippen LogP contribution in [0.2, 0.25) is 0 Å². The maximum absolute atomic E-state index is 3.43. The van der Waals surface area contributed by atoms with Gasteiger partial charge >= 0.3 is 0 Å². The van der Waals surface area contributed by atoms with E-state index < -0.39 is 0 Å². The van der Waals surface area contributed by atoms with Gasteiger partial charge in [0.2, 0.25) is 0 Å². The summed E-state index contributed by atoms with van der Waals surface area (Å²) >= 11 is 2.01. The van der Waals surface area contributed by atoms with Crippen molar-refractivity contribution < 1.29 is 0 Å². The van der Waals surface area contributed by atoms with Crippen LogP contribution in [0.1, 0.15) is 35.6 Å². The summed E-state index contributed by atoms with van der Waals surface area (Å²) in [6.07, 6.45) is 2.57. The number of rotatable bonds is 1. The standard InChI is InChI=1S/C13H19NS/c1-9-7-11-12(14-3)5-4-6-15-13(11)8-10(9)2/h7-8,12,14H,4-6H2,1-3H3. The van der Waals surface area contributed by atoms with Crippen molar-refractivity contribution in [3.05, 3.63) is 28.8 Å². The molecule has 1 atom stereocenters. The van der Waals surface area contributed by atoms with Crippen LogP contribution in [-0.2, 0) is 0 Å². The highest BCUT2D eigenvalue weighted by Gasteiger charge is 2.18. The molecule has 1 aromatic carbocycles. The van der Waals surface area contributed by atoms with E-state index in [2.05, 4.69) is 38.3 Å². The Balaban J connectivity index is 2.46. The maximum atomic E-state index is 3.43. The van der Waals surface area contributed by atoms with E-state index in [1.54, 1.807) is 0 Å². The maximum Gasteiger partial charge on any atom is 0.0329 e. The summed E-state index contributed by atoms with van der Waals surface area (Å²) < 4.78 is 0. The van der Waals surface area contributed by atoms with E-state index in [9.17, 15) is 0 Å². The topological polar surface area (TPSA) is 12.0 Å². The second-order valence-electron chi connectivity index (χ2n) is 4.31. The molecule has 0 radical (unpaired) electrons. The lowest BCUT2D eigenvalue weighted by Gasteiger charge is -2.18. The van der Waals surface area contributed by atoms with E-state index in [4.69, 9.17) is 0 Å². The van der Waals surface area contributed by atoms with Crippen LogP contribution < -0.4 is 5.32 Å². The molecule has 1 heterocycles. The Morgan fingerprint density at radius 1 is 1.27 bits per heavy atom. The highest BCUT2D eigenvalue weighted by atomic mass is 32.2. The summed E-state index contributed by atoms with van der Waals surface area (Å²) in [4.78, 5) is 1.48. The Kier molecular flexibility index (Phi) is 3.37. The van der Waals surface area contributed by atoms with Crippen molar-refractivity contribution in [1.29, 1.82) is 0 Å². The summed E-state index contributed by atoms with van der Waals surface area (Å²) in [7, 11) is 2.07. The number of hydrogen-bond donors (Lipinski definition) is 1. The Morgan fingerprint density at radius 2 is 2.00 bits per heavy atom. The van der Waals surface area contributed by atoms with Crippen molar-refractivity contribution in [2.75, 3.05) is 12.8 Å². The van der Waals surface area contributed by atoms with Crippen molar-refractivity contribution in [3.63, 3.8) is 0 Å². The first-order chi connectivity index (χ1) is 7.22. The molecular formula is C13H19NS. The van der Waals surface area contributed by atoms with Gasteiger partial charge in [-0.3, -0.25) is 0 Å². The van der Waals surface area contributed by atoms with Crippen LogP contribution in [0, 0.1) is 13.8 Å². The number of benzene rings is 1. The Labute approximate surface area is 96.7 Å². The molecule has 0 bridgehead atoms. The molecule has 1 nitrogen and oxygen atoms in total. The molecule has 2 heteroatoms. The van der Waals surface area contributed by atoms with Crippen molar-refractivity contribution in [1.82, 2.24) is 5.32 Å². The molecule has 0 aliphatic carbocycles. The predicted molar refractivity (Wildman–Crippen MR) is 67.7 cm³/mol. The third-order valence-electron chi connectivity index (χ3n) is 3.24. The highest BCUT2D eigenvalue weighted by Crippen LogP contribution is 2.36. The van der Waals surface area contributed by atoms with Crippen LogP contribution in [0.3, 0.4) is 0 Å². The second-order valence-corrected chi connectivity index (χ2v) is 5.44. The van der Waals surface area contributed by atoms with E-state index in [1.807, 2.05) is 11.8 Å². The van der Waals surface area contributed by atoms with Gasteiger partial charge in [-0.05, 0) is 62.2 Å². The van der Waals surface area contributed by atoms with Gasteiger partial charge in [0.1, 0.15) is 0 Å². The fraction of sp³-hybridized carbons (Fsp3) is 0.538. The number of nitrogens with one attached hydrogen (secondary N) is 1. The molecule has 82 valence electrons. The highest BCUT2D eigenvalue weighted by molar-refractivity contribution is 7.99. The van der Waals surface area contributed by atoms with E-state index in [0.29, 0.717) is 6.04 Å². The van der Waals surface area contributed by atoms with Gasteiger partial charge in [0.05, 0.1) is 0 Å². The lowest BCUT2D eigenvalue weighted by atomic mass is 9.98. The minimum Gasteiger partial charge on any atom is -0.313 e. The van der Waals surface area contributed by atoms with Crippen LogP contribution in [0.25, 0.3) is 0 Å². The molecule has 1 unspecified atom stereocenters. The minimum absolute atomic E-state index is 0.550. The average molecular weight is 221 g/mol. The lowest BCUT2D eigenvalue weighted by Crippen LogP contribution is -2.16. The van der Waals surface area contributed by atoms with Crippen LogP contribution >= 0.6 is 11.8 Å². The van der Waals surface area contributed by atoms with Gasteiger partial charge < -0.3 is 5.32 Å². The van der Waals surface area contributed by atoms with Crippen molar-refractivity contribution >= 4 is 11.8 Å². The summed E-state index contributed by atoms with van der Waals surface area (Å²) in [5.74, 6) is 1.26. The number of fused-ring (bicyclic) bond motifs is 1. The predicted octanol–water partition coefficient (Wildman–Crippen LogP) is 3.45. The van der Waals surface area contributed by atoms with Crippen molar-refractivity contribution in [2.45, 2.75) is 37.6 Å². The first-order valence-corrected chi connectivity index (χ1v) is 6.62. The fourth-order valence-electron chi connectivity index (χ4n) is 2.13. The summed E-state index contributed by atoms with van der Waals surface area (Å²) in [6.45, 7) is 4.41. The Bertz CT molecular complexity index is 360. The van der Waals surface area contributed by atoms with Crippen molar-refractivity contribution in [3.8, 4) is 0 Å². The molecule has 0 aromatic heterocycles. The quantitative estimate of drug-likeness (QED) is 0.779. The van der Waals surface area contributed by atoms with Gasteiger partial charge in [-0.15, -0.1) is 11.8 Å². The molecule has 1 aliphatic heterocycles. The van der Waals surface area contributed by atoms with Gasteiger partial charge in [0, 0.05) is 10.9 Å². The van der Waals surface area contributed by atoms with Crippen LogP contribution in [0.5, 0.6) is 0 Å². The largest absolute Gasteiger partial charge is 0.313 e. The third kappa shape index (κ3) is 2.21. The van der Waals surface area contributed by atoms with Gasteiger partial charge in [-0.2, -0.15) is 0 Å². The molecule has 1 aliphatic rings. The molecule has 0 amide bonds. The second kappa shape index (κ2) is 4.58. The zero-order valence-corrected chi connectivity index (χ0v) is 10.6. The smallest absolute Gasteiger partial charge is 0.0329 e. The summed E-state index contributed by atoms with van der Waals surface area (Å²) in [6, 6.07) is 5.27.